The first-order valence-electron chi connectivity index (χ1n) is 7.93. The van der Waals surface area contributed by atoms with Gasteiger partial charge in [-0.15, -0.1) is 0 Å². The van der Waals surface area contributed by atoms with Gasteiger partial charge in [-0.1, -0.05) is 6.07 Å². The standard InChI is InChI=1S/C17H24N2O4/c1-22-9-10-23-15-7-4-5-13(11-15)17(21)19-8-3-2-6-14(19)12-16(18)20/h4-5,7,11,14H,2-3,6,8-10,12H2,1H3,(H2,18,20)/t14-/m1/s1. The Morgan fingerprint density at radius 1 is 1.30 bits per heavy atom. The first-order valence-corrected chi connectivity index (χ1v) is 7.93. The second-order valence-electron chi connectivity index (χ2n) is 5.69. The number of hydrogen-bond acceptors (Lipinski definition) is 4. The molecule has 1 heterocycles. The molecule has 0 bridgehead atoms. The van der Waals surface area contributed by atoms with E-state index < -0.39 is 0 Å². The van der Waals surface area contributed by atoms with E-state index in [1.165, 1.54) is 0 Å². The highest BCUT2D eigenvalue weighted by molar-refractivity contribution is 5.95. The molecule has 2 N–H and O–H groups in total. The van der Waals surface area contributed by atoms with Crippen LogP contribution in [0.5, 0.6) is 5.75 Å². The Morgan fingerprint density at radius 2 is 2.13 bits per heavy atom. The maximum atomic E-state index is 12.8. The van der Waals surface area contributed by atoms with Crippen molar-refractivity contribution in [2.24, 2.45) is 5.73 Å². The smallest absolute Gasteiger partial charge is 0.254 e. The van der Waals surface area contributed by atoms with Crippen molar-refractivity contribution in [1.29, 1.82) is 0 Å². The van der Waals surface area contributed by atoms with E-state index >= 15 is 0 Å². The fourth-order valence-electron chi connectivity index (χ4n) is 2.84. The van der Waals surface area contributed by atoms with Crippen molar-refractivity contribution < 1.29 is 19.1 Å². The van der Waals surface area contributed by atoms with Gasteiger partial charge in [0.2, 0.25) is 5.91 Å². The third kappa shape index (κ3) is 4.96. The average Bonchev–Trinajstić information content (AvgIpc) is 2.55. The molecule has 6 nitrogen and oxygen atoms in total. The van der Waals surface area contributed by atoms with Crippen molar-refractivity contribution >= 4 is 11.8 Å². The fraction of sp³-hybridized carbons (Fsp3) is 0.529. The van der Waals surface area contributed by atoms with E-state index in [-0.39, 0.29) is 24.3 Å². The number of methoxy groups -OCH3 is 1. The molecule has 0 aromatic heterocycles. The van der Waals surface area contributed by atoms with Gasteiger partial charge in [-0.2, -0.15) is 0 Å². The maximum absolute atomic E-state index is 12.8. The van der Waals surface area contributed by atoms with E-state index in [1.54, 1.807) is 30.2 Å². The number of benzene rings is 1. The molecule has 1 atom stereocenters. The Bertz CT molecular complexity index is 547. The van der Waals surface area contributed by atoms with Gasteiger partial charge in [0.1, 0.15) is 12.4 Å². The summed E-state index contributed by atoms with van der Waals surface area (Å²) < 4.78 is 10.5. The van der Waals surface area contributed by atoms with Gasteiger partial charge in [-0.3, -0.25) is 9.59 Å². The first-order chi connectivity index (χ1) is 11.1. The van der Waals surface area contributed by atoms with Gasteiger partial charge >= 0.3 is 0 Å². The minimum absolute atomic E-state index is 0.0758. The number of rotatable bonds is 7. The van der Waals surface area contributed by atoms with E-state index in [9.17, 15) is 9.59 Å². The lowest BCUT2D eigenvalue weighted by molar-refractivity contribution is -0.119. The highest BCUT2D eigenvalue weighted by Crippen LogP contribution is 2.23. The molecular weight excluding hydrogens is 296 g/mol. The molecule has 1 aromatic rings. The monoisotopic (exact) mass is 320 g/mol. The predicted octanol–water partition coefficient (Wildman–Crippen LogP) is 1.58. The number of carbonyl (C=O) groups excluding carboxylic acids is 2. The molecule has 0 radical (unpaired) electrons. The normalized spacial score (nSPS) is 17.8. The van der Waals surface area contributed by atoms with Crippen molar-refractivity contribution in [3.63, 3.8) is 0 Å². The zero-order valence-corrected chi connectivity index (χ0v) is 13.5. The molecule has 0 saturated carbocycles. The maximum Gasteiger partial charge on any atom is 0.254 e. The Morgan fingerprint density at radius 3 is 2.87 bits per heavy atom. The number of primary amides is 1. The van der Waals surface area contributed by atoms with Gasteiger partial charge in [-0.05, 0) is 37.5 Å². The Hall–Kier alpha value is -2.08. The fourth-order valence-corrected chi connectivity index (χ4v) is 2.84. The van der Waals surface area contributed by atoms with Crippen LogP contribution in [0.25, 0.3) is 0 Å². The van der Waals surface area contributed by atoms with E-state index in [0.29, 0.717) is 31.1 Å². The van der Waals surface area contributed by atoms with E-state index in [1.807, 2.05) is 6.07 Å². The second kappa shape index (κ2) is 8.53. The summed E-state index contributed by atoms with van der Waals surface area (Å²) in [7, 11) is 1.61. The SMILES string of the molecule is COCCOc1cccc(C(=O)N2CCCC[C@@H]2CC(N)=O)c1. The number of amides is 2. The third-order valence-electron chi connectivity index (χ3n) is 3.96. The number of nitrogens with zero attached hydrogens (tertiary/aromatic N) is 1. The number of piperidine rings is 1. The number of nitrogens with two attached hydrogens (primary N) is 1. The molecular formula is C17H24N2O4. The van der Waals surface area contributed by atoms with Crippen LogP contribution in [0.15, 0.2) is 24.3 Å². The number of ether oxygens (including phenoxy) is 2. The number of likely N-dealkylation sites (tertiary alicyclic amines) is 1. The Labute approximate surface area is 136 Å². The van der Waals surface area contributed by atoms with Crippen molar-refractivity contribution in [3.05, 3.63) is 29.8 Å². The quantitative estimate of drug-likeness (QED) is 0.773. The summed E-state index contributed by atoms with van der Waals surface area (Å²) in [6.07, 6.45) is 3.00. The van der Waals surface area contributed by atoms with Gasteiger partial charge < -0.3 is 20.1 Å². The summed E-state index contributed by atoms with van der Waals surface area (Å²) in [4.78, 5) is 25.8. The Kier molecular flexibility index (Phi) is 6.40. The molecule has 0 spiro atoms. The van der Waals surface area contributed by atoms with Gasteiger partial charge in [0.15, 0.2) is 0 Å². The summed E-state index contributed by atoms with van der Waals surface area (Å²) in [5.74, 6) is 0.191. The summed E-state index contributed by atoms with van der Waals surface area (Å²) >= 11 is 0. The second-order valence-corrected chi connectivity index (χ2v) is 5.69. The molecule has 6 heteroatoms. The van der Waals surface area contributed by atoms with Crippen molar-refractivity contribution in [3.8, 4) is 5.75 Å². The van der Waals surface area contributed by atoms with Crippen molar-refractivity contribution in [2.75, 3.05) is 26.9 Å². The van der Waals surface area contributed by atoms with Crippen LogP contribution in [0, 0.1) is 0 Å². The van der Waals surface area contributed by atoms with Crippen molar-refractivity contribution in [2.45, 2.75) is 31.7 Å². The molecule has 2 amide bonds. The first kappa shape index (κ1) is 17.3. The topological polar surface area (TPSA) is 81.9 Å². The molecule has 1 saturated heterocycles. The van der Waals surface area contributed by atoms with E-state index in [2.05, 4.69) is 0 Å². The summed E-state index contributed by atoms with van der Waals surface area (Å²) in [5.41, 5.74) is 5.87. The summed E-state index contributed by atoms with van der Waals surface area (Å²) in [6.45, 7) is 1.58. The minimum Gasteiger partial charge on any atom is -0.491 e. The third-order valence-corrected chi connectivity index (χ3v) is 3.96. The lowest BCUT2D eigenvalue weighted by Gasteiger charge is -2.35. The van der Waals surface area contributed by atoms with E-state index in [4.69, 9.17) is 15.2 Å². The molecule has 1 aromatic carbocycles. The number of hydrogen-bond donors (Lipinski definition) is 1. The van der Waals surface area contributed by atoms with Crippen LogP contribution in [-0.2, 0) is 9.53 Å². The summed E-state index contributed by atoms with van der Waals surface area (Å²) in [5, 5.41) is 0. The Balaban J connectivity index is 2.08. The summed E-state index contributed by atoms with van der Waals surface area (Å²) in [6, 6.07) is 6.99. The van der Waals surface area contributed by atoms with Gasteiger partial charge in [0, 0.05) is 31.7 Å². The molecule has 0 unspecified atom stereocenters. The van der Waals surface area contributed by atoms with Crippen LogP contribution in [-0.4, -0.2) is 49.6 Å². The zero-order valence-electron chi connectivity index (χ0n) is 13.5. The minimum atomic E-state index is -0.369. The molecule has 1 aliphatic heterocycles. The highest BCUT2D eigenvalue weighted by atomic mass is 16.5. The van der Waals surface area contributed by atoms with Crippen LogP contribution in [0.2, 0.25) is 0 Å². The van der Waals surface area contributed by atoms with Gasteiger partial charge in [0.05, 0.1) is 6.61 Å². The predicted molar refractivity (Wildman–Crippen MR) is 86.3 cm³/mol. The van der Waals surface area contributed by atoms with Gasteiger partial charge in [-0.25, -0.2) is 0 Å². The lowest BCUT2D eigenvalue weighted by Crippen LogP contribution is -2.45. The molecule has 126 valence electrons. The molecule has 1 aliphatic rings. The molecule has 1 fully saturated rings. The van der Waals surface area contributed by atoms with Crippen molar-refractivity contribution in [1.82, 2.24) is 4.90 Å². The largest absolute Gasteiger partial charge is 0.491 e. The van der Waals surface area contributed by atoms with Crippen LogP contribution >= 0.6 is 0 Å². The number of carbonyl (C=O) groups is 2. The highest BCUT2D eigenvalue weighted by Gasteiger charge is 2.28. The van der Waals surface area contributed by atoms with Gasteiger partial charge in [0.25, 0.3) is 5.91 Å². The van der Waals surface area contributed by atoms with Crippen LogP contribution in [0.4, 0.5) is 0 Å². The zero-order chi connectivity index (χ0) is 16.7. The lowest BCUT2D eigenvalue weighted by atomic mass is 9.98. The average molecular weight is 320 g/mol. The van der Waals surface area contributed by atoms with E-state index in [0.717, 1.165) is 19.3 Å². The molecule has 23 heavy (non-hydrogen) atoms. The van der Waals surface area contributed by atoms with Crippen LogP contribution < -0.4 is 10.5 Å². The van der Waals surface area contributed by atoms with Crippen LogP contribution in [0.1, 0.15) is 36.0 Å². The molecule has 2 rings (SSSR count). The van der Waals surface area contributed by atoms with Crippen LogP contribution in [0.3, 0.4) is 0 Å². The molecule has 0 aliphatic carbocycles.